The fourth-order valence-electron chi connectivity index (χ4n) is 3.31. The number of likely N-dealkylation sites (tertiary alicyclic amines) is 1. The minimum absolute atomic E-state index is 0.159. The molecule has 1 heterocycles. The van der Waals surface area contributed by atoms with Crippen molar-refractivity contribution in [2.24, 2.45) is 11.3 Å². The Balaban J connectivity index is 1.64. The summed E-state index contributed by atoms with van der Waals surface area (Å²) >= 11 is 0. The van der Waals surface area contributed by atoms with E-state index in [1.54, 1.807) is 4.90 Å². The van der Waals surface area contributed by atoms with Gasteiger partial charge in [0.2, 0.25) is 5.91 Å². The molecular weight excluding hydrogens is 266 g/mol. The highest BCUT2D eigenvalue weighted by atomic mass is 16.4. The number of carbonyl (C=O) groups is 2. The summed E-state index contributed by atoms with van der Waals surface area (Å²) in [5, 5.41) is 9.26. The molecular formula is C17H21NO3. The van der Waals surface area contributed by atoms with Gasteiger partial charge in [-0.25, -0.2) is 0 Å². The van der Waals surface area contributed by atoms with Crippen molar-refractivity contribution in [2.75, 3.05) is 13.1 Å². The number of hydrogen-bond donors (Lipinski definition) is 1. The molecule has 3 rings (SSSR count). The van der Waals surface area contributed by atoms with E-state index in [2.05, 4.69) is 12.1 Å². The Bertz CT molecular complexity index is 536. The van der Waals surface area contributed by atoms with Gasteiger partial charge >= 0.3 is 5.97 Å². The zero-order valence-corrected chi connectivity index (χ0v) is 12.1. The van der Waals surface area contributed by atoms with Crippen molar-refractivity contribution in [1.82, 2.24) is 4.90 Å². The van der Waals surface area contributed by atoms with Gasteiger partial charge in [0.1, 0.15) is 5.41 Å². The second-order valence-corrected chi connectivity index (χ2v) is 6.34. The van der Waals surface area contributed by atoms with Crippen LogP contribution in [0, 0.1) is 11.3 Å². The number of nitrogens with zero attached hydrogens (tertiary/aromatic N) is 1. The quantitative estimate of drug-likeness (QED) is 0.865. The normalized spacial score (nSPS) is 23.6. The zero-order valence-electron chi connectivity index (χ0n) is 12.1. The molecule has 1 N–H and O–H groups in total. The maximum Gasteiger partial charge on any atom is 0.319 e. The maximum atomic E-state index is 12.5. The van der Waals surface area contributed by atoms with Gasteiger partial charge in [-0.05, 0) is 43.6 Å². The van der Waals surface area contributed by atoms with Crippen LogP contribution >= 0.6 is 0 Å². The minimum atomic E-state index is -1.09. The van der Waals surface area contributed by atoms with E-state index >= 15 is 0 Å². The molecule has 0 spiro atoms. The van der Waals surface area contributed by atoms with Crippen LogP contribution < -0.4 is 0 Å². The third-order valence-electron chi connectivity index (χ3n) is 4.74. The van der Waals surface area contributed by atoms with E-state index in [0.717, 1.165) is 19.3 Å². The molecule has 1 atom stereocenters. The lowest BCUT2D eigenvalue weighted by Crippen LogP contribution is -2.46. The molecule has 2 aliphatic rings. The van der Waals surface area contributed by atoms with Gasteiger partial charge in [-0.3, -0.25) is 9.59 Å². The van der Waals surface area contributed by atoms with E-state index in [9.17, 15) is 14.7 Å². The summed E-state index contributed by atoms with van der Waals surface area (Å²) in [6, 6.07) is 10.3. The Morgan fingerprint density at radius 3 is 2.57 bits per heavy atom. The monoisotopic (exact) mass is 287 g/mol. The molecule has 1 aliphatic carbocycles. The molecule has 0 radical (unpaired) electrons. The van der Waals surface area contributed by atoms with E-state index in [-0.39, 0.29) is 5.91 Å². The molecule has 1 aromatic carbocycles. The van der Waals surface area contributed by atoms with Crippen LogP contribution in [0.15, 0.2) is 30.3 Å². The molecule has 112 valence electrons. The lowest BCUT2D eigenvalue weighted by Gasteiger charge is -2.34. The number of piperidine rings is 1. The highest BCUT2D eigenvalue weighted by Crippen LogP contribution is 2.48. The summed E-state index contributed by atoms with van der Waals surface area (Å²) in [5.74, 6) is -0.667. The first-order valence-electron chi connectivity index (χ1n) is 7.68. The Labute approximate surface area is 124 Å². The van der Waals surface area contributed by atoms with Gasteiger partial charge in [-0.2, -0.15) is 0 Å². The van der Waals surface area contributed by atoms with E-state index in [0.29, 0.717) is 31.8 Å². The Morgan fingerprint density at radius 1 is 1.24 bits per heavy atom. The zero-order chi connectivity index (χ0) is 14.9. The number of rotatable bonds is 4. The topological polar surface area (TPSA) is 57.6 Å². The standard InChI is InChI=1S/C17H21NO3/c19-15(17(8-9-17)16(20)21)18-10-4-7-14(12-18)11-13-5-2-1-3-6-13/h1-3,5-6,14H,4,7-12H2,(H,20,21). The summed E-state index contributed by atoms with van der Waals surface area (Å²) in [7, 11) is 0. The van der Waals surface area contributed by atoms with Gasteiger partial charge in [0.05, 0.1) is 0 Å². The van der Waals surface area contributed by atoms with E-state index in [1.807, 2.05) is 18.2 Å². The molecule has 1 amide bonds. The number of hydrogen-bond acceptors (Lipinski definition) is 2. The van der Waals surface area contributed by atoms with Gasteiger partial charge in [-0.15, -0.1) is 0 Å². The maximum absolute atomic E-state index is 12.5. The first kappa shape index (κ1) is 14.1. The van der Waals surface area contributed by atoms with Crippen LogP contribution in [0.3, 0.4) is 0 Å². The molecule has 1 saturated carbocycles. The van der Waals surface area contributed by atoms with Crippen LogP contribution in [0.5, 0.6) is 0 Å². The summed E-state index contributed by atoms with van der Waals surface area (Å²) in [5.41, 5.74) is 0.199. The summed E-state index contributed by atoms with van der Waals surface area (Å²) in [6.07, 6.45) is 4.05. The van der Waals surface area contributed by atoms with Gasteiger partial charge in [0.15, 0.2) is 0 Å². The van der Waals surface area contributed by atoms with Crippen molar-refractivity contribution < 1.29 is 14.7 Å². The molecule has 2 fully saturated rings. The van der Waals surface area contributed by atoms with E-state index < -0.39 is 11.4 Å². The lowest BCUT2D eigenvalue weighted by molar-refractivity contribution is -0.154. The fourth-order valence-corrected chi connectivity index (χ4v) is 3.31. The highest BCUT2D eigenvalue weighted by Gasteiger charge is 2.58. The van der Waals surface area contributed by atoms with Gasteiger partial charge in [-0.1, -0.05) is 30.3 Å². The van der Waals surface area contributed by atoms with Crippen molar-refractivity contribution in [3.63, 3.8) is 0 Å². The third-order valence-corrected chi connectivity index (χ3v) is 4.74. The SMILES string of the molecule is O=C(O)C1(C(=O)N2CCCC(Cc3ccccc3)C2)CC1. The van der Waals surface area contributed by atoms with Gasteiger partial charge in [0, 0.05) is 13.1 Å². The van der Waals surface area contributed by atoms with Crippen LogP contribution in [-0.2, 0) is 16.0 Å². The smallest absolute Gasteiger partial charge is 0.319 e. The second kappa shape index (κ2) is 5.51. The van der Waals surface area contributed by atoms with Crippen molar-refractivity contribution in [2.45, 2.75) is 32.1 Å². The number of benzene rings is 1. The van der Waals surface area contributed by atoms with Crippen LogP contribution in [0.4, 0.5) is 0 Å². The number of carboxylic acids is 1. The first-order valence-corrected chi connectivity index (χ1v) is 7.68. The van der Waals surface area contributed by atoms with Crippen molar-refractivity contribution in [3.05, 3.63) is 35.9 Å². The number of amides is 1. The summed E-state index contributed by atoms with van der Waals surface area (Å²) in [4.78, 5) is 25.5. The lowest BCUT2D eigenvalue weighted by atomic mass is 9.90. The molecule has 4 heteroatoms. The molecule has 1 aliphatic heterocycles. The fraction of sp³-hybridized carbons (Fsp3) is 0.529. The summed E-state index contributed by atoms with van der Waals surface area (Å²) < 4.78 is 0. The van der Waals surface area contributed by atoms with Crippen LogP contribution in [0.25, 0.3) is 0 Å². The average molecular weight is 287 g/mol. The van der Waals surface area contributed by atoms with Crippen molar-refractivity contribution in [1.29, 1.82) is 0 Å². The van der Waals surface area contributed by atoms with Crippen molar-refractivity contribution in [3.8, 4) is 0 Å². The van der Waals surface area contributed by atoms with E-state index in [4.69, 9.17) is 0 Å². The highest BCUT2D eigenvalue weighted by molar-refractivity contribution is 6.04. The van der Waals surface area contributed by atoms with Crippen molar-refractivity contribution >= 4 is 11.9 Å². The largest absolute Gasteiger partial charge is 0.480 e. The minimum Gasteiger partial charge on any atom is -0.480 e. The second-order valence-electron chi connectivity index (χ2n) is 6.34. The number of aliphatic carboxylic acids is 1. The molecule has 21 heavy (non-hydrogen) atoms. The van der Waals surface area contributed by atoms with Crippen LogP contribution in [-0.4, -0.2) is 35.0 Å². The predicted molar refractivity (Wildman–Crippen MR) is 78.8 cm³/mol. The number of carbonyl (C=O) groups excluding carboxylic acids is 1. The van der Waals surface area contributed by atoms with Crippen LogP contribution in [0.2, 0.25) is 0 Å². The molecule has 4 nitrogen and oxygen atoms in total. The van der Waals surface area contributed by atoms with Gasteiger partial charge < -0.3 is 10.0 Å². The predicted octanol–water partition coefficient (Wildman–Crippen LogP) is 2.33. The molecule has 1 aromatic rings. The first-order chi connectivity index (χ1) is 10.1. The molecule has 0 bridgehead atoms. The number of carboxylic acid groups (broad SMARTS) is 1. The van der Waals surface area contributed by atoms with E-state index in [1.165, 1.54) is 5.56 Å². The third kappa shape index (κ3) is 2.80. The summed E-state index contributed by atoms with van der Waals surface area (Å²) in [6.45, 7) is 1.40. The Morgan fingerprint density at radius 2 is 1.95 bits per heavy atom. The molecule has 0 aromatic heterocycles. The van der Waals surface area contributed by atoms with Crippen LogP contribution in [0.1, 0.15) is 31.2 Å². The van der Waals surface area contributed by atoms with Gasteiger partial charge in [0.25, 0.3) is 0 Å². The molecule has 1 unspecified atom stereocenters. The molecule has 1 saturated heterocycles. The Hall–Kier alpha value is -1.84. The average Bonchev–Trinajstić information content (AvgIpc) is 3.29. The Kier molecular flexibility index (Phi) is 3.70.